The Kier molecular flexibility index (Phi) is 4.43. The predicted octanol–water partition coefficient (Wildman–Crippen LogP) is 4.28. The molecule has 0 saturated heterocycles. The van der Waals surface area contributed by atoms with Crippen molar-refractivity contribution in [3.63, 3.8) is 0 Å². The van der Waals surface area contributed by atoms with Gasteiger partial charge in [0.25, 0.3) is 0 Å². The third kappa shape index (κ3) is 3.56. The molecule has 2 N–H and O–H groups in total. The molecule has 6 heteroatoms. The highest BCUT2D eigenvalue weighted by Crippen LogP contribution is 2.33. The minimum Gasteiger partial charge on any atom is -0.326 e. The van der Waals surface area contributed by atoms with Gasteiger partial charge in [-0.1, -0.05) is 24.3 Å². The van der Waals surface area contributed by atoms with E-state index in [1.165, 1.54) is 35.3 Å². The van der Waals surface area contributed by atoms with E-state index in [1.54, 1.807) is 0 Å². The van der Waals surface area contributed by atoms with Gasteiger partial charge in [-0.3, -0.25) is 9.59 Å². The zero-order chi connectivity index (χ0) is 20.0. The summed E-state index contributed by atoms with van der Waals surface area (Å²) in [6.07, 6.45) is 4.18. The van der Waals surface area contributed by atoms with Crippen LogP contribution < -0.4 is 10.6 Å². The summed E-state index contributed by atoms with van der Waals surface area (Å²) in [7, 11) is 0. The van der Waals surface area contributed by atoms with Gasteiger partial charge < -0.3 is 10.6 Å². The minimum absolute atomic E-state index is 0.000975. The van der Waals surface area contributed by atoms with E-state index in [9.17, 15) is 9.59 Å². The number of aryl methyl sites for hydroxylation is 3. The van der Waals surface area contributed by atoms with E-state index < -0.39 is 0 Å². The number of nitrogens with zero attached hydrogens (tertiary/aromatic N) is 1. The number of carbonyl (C=O) groups is 2. The second kappa shape index (κ2) is 7.12. The molecule has 0 spiro atoms. The molecule has 1 aliphatic carbocycles. The van der Waals surface area contributed by atoms with Gasteiger partial charge in [-0.2, -0.15) is 0 Å². The third-order valence-corrected chi connectivity index (χ3v) is 6.47. The van der Waals surface area contributed by atoms with Crippen LogP contribution in [0.1, 0.15) is 33.6 Å². The Morgan fingerprint density at radius 2 is 1.97 bits per heavy atom. The lowest BCUT2D eigenvalue weighted by molar-refractivity contribution is -0.116. The first kappa shape index (κ1) is 18.1. The first-order valence-corrected chi connectivity index (χ1v) is 10.7. The molecule has 0 saturated carbocycles. The van der Waals surface area contributed by atoms with Gasteiger partial charge in [0.05, 0.1) is 18.5 Å². The van der Waals surface area contributed by atoms with Crippen LogP contribution in [-0.2, 0) is 35.3 Å². The number of benzene rings is 2. The lowest BCUT2D eigenvalue weighted by Gasteiger charge is -2.05. The molecule has 0 fully saturated rings. The van der Waals surface area contributed by atoms with Gasteiger partial charge in [0, 0.05) is 16.1 Å². The van der Waals surface area contributed by atoms with Gasteiger partial charge in [0.2, 0.25) is 11.8 Å². The molecule has 2 aromatic carbocycles. The summed E-state index contributed by atoms with van der Waals surface area (Å²) in [5.74, 6) is -0.109. The quantitative estimate of drug-likeness (QED) is 0.683. The minimum atomic E-state index is -0.108. The van der Waals surface area contributed by atoms with Crippen LogP contribution in [0.2, 0.25) is 0 Å². The van der Waals surface area contributed by atoms with Crippen molar-refractivity contribution in [1.82, 2.24) is 4.98 Å². The van der Waals surface area contributed by atoms with Crippen molar-refractivity contribution in [2.24, 2.45) is 0 Å². The largest absolute Gasteiger partial charge is 0.326 e. The molecule has 1 aliphatic heterocycles. The van der Waals surface area contributed by atoms with E-state index in [0.29, 0.717) is 11.6 Å². The van der Waals surface area contributed by atoms with Crippen LogP contribution in [0.4, 0.5) is 10.8 Å². The van der Waals surface area contributed by atoms with Crippen molar-refractivity contribution >= 4 is 34.0 Å². The number of hydrogen-bond acceptors (Lipinski definition) is 4. The summed E-state index contributed by atoms with van der Waals surface area (Å²) in [6, 6.07) is 12.3. The Hall–Kier alpha value is -2.99. The third-order valence-electron chi connectivity index (χ3n) is 5.58. The van der Waals surface area contributed by atoms with Crippen LogP contribution in [0.3, 0.4) is 0 Å². The van der Waals surface area contributed by atoms with Crippen LogP contribution in [0.5, 0.6) is 0 Å². The maximum Gasteiger partial charge on any atom is 0.230 e. The molecular weight excluding hydrogens is 382 g/mol. The van der Waals surface area contributed by atoms with E-state index in [0.717, 1.165) is 39.4 Å². The van der Waals surface area contributed by atoms with Crippen molar-refractivity contribution in [3.05, 3.63) is 63.5 Å². The molecule has 2 heterocycles. The predicted molar refractivity (Wildman–Crippen MR) is 115 cm³/mol. The Balaban J connectivity index is 1.30. The maximum absolute atomic E-state index is 12.5. The fourth-order valence-electron chi connectivity index (χ4n) is 4.16. The van der Waals surface area contributed by atoms with Crippen molar-refractivity contribution in [2.75, 3.05) is 10.6 Å². The number of aromatic nitrogens is 1. The van der Waals surface area contributed by atoms with Gasteiger partial charge in [0.15, 0.2) is 5.13 Å². The average molecular weight is 404 g/mol. The van der Waals surface area contributed by atoms with Gasteiger partial charge in [0.1, 0.15) is 0 Å². The molecule has 0 bridgehead atoms. The summed E-state index contributed by atoms with van der Waals surface area (Å²) in [5.41, 5.74) is 7.59. The topological polar surface area (TPSA) is 71.1 Å². The zero-order valence-corrected chi connectivity index (χ0v) is 17.0. The van der Waals surface area contributed by atoms with Crippen LogP contribution >= 0.6 is 11.3 Å². The number of thiazole rings is 1. The molecule has 0 atom stereocenters. The van der Waals surface area contributed by atoms with Crippen LogP contribution in [0.25, 0.3) is 11.3 Å². The van der Waals surface area contributed by atoms with Crippen molar-refractivity contribution < 1.29 is 9.59 Å². The summed E-state index contributed by atoms with van der Waals surface area (Å²) in [6.45, 7) is 2.04. The Bertz CT molecular complexity index is 1150. The van der Waals surface area contributed by atoms with Crippen molar-refractivity contribution in [3.8, 4) is 11.3 Å². The van der Waals surface area contributed by atoms with Gasteiger partial charge in [-0.25, -0.2) is 4.98 Å². The smallest absolute Gasteiger partial charge is 0.230 e. The number of nitrogens with one attached hydrogen (secondary N) is 2. The Morgan fingerprint density at radius 1 is 1.14 bits per heavy atom. The number of fused-ring (bicyclic) bond motifs is 2. The number of carbonyl (C=O) groups excluding carboxylic acids is 2. The molecule has 146 valence electrons. The second-order valence-corrected chi connectivity index (χ2v) is 8.91. The molecule has 3 aromatic rings. The second-order valence-electron chi connectivity index (χ2n) is 7.70. The van der Waals surface area contributed by atoms with Crippen LogP contribution in [-0.4, -0.2) is 16.8 Å². The van der Waals surface area contributed by atoms with Gasteiger partial charge in [-0.05, 0) is 60.6 Å². The molecule has 5 rings (SSSR count). The number of anilines is 2. The van der Waals surface area contributed by atoms with E-state index in [4.69, 9.17) is 0 Å². The maximum atomic E-state index is 12.5. The first-order valence-electron chi connectivity index (χ1n) is 9.86. The molecule has 29 heavy (non-hydrogen) atoms. The SMILES string of the molecule is Cc1sc(NC(=O)Cc2ccc3c(c2)NC(=O)C3)nc1-c1ccc2c(c1)CCC2. The fourth-order valence-corrected chi connectivity index (χ4v) is 5.01. The molecule has 0 radical (unpaired) electrons. The van der Waals surface area contributed by atoms with Gasteiger partial charge in [-0.15, -0.1) is 11.3 Å². The normalized spacial score (nSPS) is 14.4. The van der Waals surface area contributed by atoms with E-state index in [-0.39, 0.29) is 18.2 Å². The molecule has 1 aromatic heterocycles. The molecular formula is C23H21N3O2S. The fraction of sp³-hybridized carbons (Fsp3) is 0.261. The monoisotopic (exact) mass is 403 g/mol. The highest BCUT2D eigenvalue weighted by molar-refractivity contribution is 7.16. The van der Waals surface area contributed by atoms with Crippen LogP contribution in [0, 0.1) is 6.92 Å². The van der Waals surface area contributed by atoms with Gasteiger partial charge >= 0.3 is 0 Å². The average Bonchev–Trinajstić information content (AvgIpc) is 3.38. The summed E-state index contributed by atoms with van der Waals surface area (Å²) in [4.78, 5) is 29.8. The highest BCUT2D eigenvalue weighted by Gasteiger charge is 2.19. The first-order chi connectivity index (χ1) is 14.0. The molecule has 5 nitrogen and oxygen atoms in total. The highest BCUT2D eigenvalue weighted by atomic mass is 32.1. The Morgan fingerprint density at radius 3 is 2.86 bits per heavy atom. The van der Waals surface area contributed by atoms with Crippen molar-refractivity contribution in [1.29, 1.82) is 0 Å². The lowest BCUT2D eigenvalue weighted by atomic mass is 10.0. The van der Waals surface area contributed by atoms with Crippen molar-refractivity contribution in [2.45, 2.75) is 39.0 Å². The molecule has 2 aliphatic rings. The van der Waals surface area contributed by atoms with E-state index in [1.807, 2.05) is 25.1 Å². The Labute approximate surface area is 173 Å². The summed E-state index contributed by atoms with van der Waals surface area (Å²) >= 11 is 1.50. The standard InChI is InChI=1S/C23H21N3O2S/c1-13-22(18-8-7-15-3-2-4-16(15)11-18)26-23(29-13)25-20(27)10-14-5-6-17-12-21(28)24-19(17)9-14/h5-9,11H,2-4,10,12H2,1H3,(H,24,28)(H,25,26,27). The molecule has 2 amide bonds. The van der Waals surface area contributed by atoms with Crippen LogP contribution in [0.15, 0.2) is 36.4 Å². The number of amides is 2. The number of rotatable bonds is 4. The summed E-state index contributed by atoms with van der Waals surface area (Å²) in [5, 5.41) is 6.38. The lowest BCUT2D eigenvalue weighted by Crippen LogP contribution is -2.14. The number of hydrogen-bond donors (Lipinski definition) is 2. The molecule has 0 unspecified atom stereocenters. The van der Waals surface area contributed by atoms with E-state index in [2.05, 4.69) is 33.8 Å². The van der Waals surface area contributed by atoms with E-state index >= 15 is 0 Å². The zero-order valence-electron chi connectivity index (χ0n) is 16.2. The summed E-state index contributed by atoms with van der Waals surface area (Å²) < 4.78 is 0.